The highest BCUT2D eigenvalue weighted by molar-refractivity contribution is 5.79. The molecular formula is C12H22N6O2. The first-order valence-corrected chi connectivity index (χ1v) is 6.33. The van der Waals surface area contributed by atoms with Crippen molar-refractivity contribution in [2.24, 2.45) is 17.5 Å². The van der Waals surface area contributed by atoms with Crippen LogP contribution in [0.2, 0.25) is 0 Å². The smallest absolute Gasteiger partial charge is 0.236 e. The molecule has 8 nitrogen and oxygen atoms in total. The minimum Gasteiger partial charge on any atom is -0.377 e. The van der Waals surface area contributed by atoms with Crippen molar-refractivity contribution in [2.45, 2.75) is 20.5 Å². The molecule has 1 rings (SSSR count). The van der Waals surface area contributed by atoms with Crippen molar-refractivity contribution in [3.63, 3.8) is 0 Å². The topological polar surface area (TPSA) is 119 Å². The monoisotopic (exact) mass is 282 g/mol. The van der Waals surface area contributed by atoms with E-state index in [1.165, 1.54) is 0 Å². The molecule has 0 aliphatic heterocycles. The molecule has 0 saturated carbocycles. The second-order valence-corrected chi connectivity index (χ2v) is 4.85. The first-order chi connectivity index (χ1) is 9.46. The van der Waals surface area contributed by atoms with Crippen LogP contribution in [0.25, 0.3) is 0 Å². The van der Waals surface area contributed by atoms with Gasteiger partial charge < -0.3 is 20.8 Å². The molecule has 0 unspecified atom stereocenters. The van der Waals surface area contributed by atoms with E-state index >= 15 is 0 Å². The number of nitrogens with one attached hydrogen (secondary N) is 1. The maximum Gasteiger partial charge on any atom is 0.236 e. The van der Waals surface area contributed by atoms with E-state index in [0.717, 1.165) is 0 Å². The van der Waals surface area contributed by atoms with Gasteiger partial charge in [0.05, 0.1) is 6.54 Å². The fraction of sp³-hybridized carbons (Fsp3) is 0.583. The van der Waals surface area contributed by atoms with Gasteiger partial charge in [-0.1, -0.05) is 13.8 Å². The third-order valence-electron chi connectivity index (χ3n) is 2.44. The molecule has 0 aliphatic rings. The average molecular weight is 282 g/mol. The van der Waals surface area contributed by atoms with Crippen molar-refractivity contribution in [3.05, 3.63) is 11.9 Å². The van der Waals surface area contributed by atoms with Crippen molar-refractivity contribution in [3.8, 4) is 0 Å². The number of amides is 1. The summed E-state index contributed by atoms with van der Waals surface area (Å²) in [5.74, 6) is 6.86. The zero-order valence-corrected chi connectivity index (χ0v) is 12.1. The number of carbonyl (C=O) groups excluding carboxylic acids is 1. The molecule has 112 valence electrons. The van der Waals surface area contributed by atoms with E-state index in [4.69, 9.17) is 16.3 Å². The van der Waals surface area contributed by atoms with Crippen LogP contribution < -0.4 is 21.9 Å². The molecule has 20 heavy (non-hydrogen) atoms. The fourth-order valence-corrected chi connectivity index (χ4v) is 1.78. The van der Waals surface area contributed by atoms with Crippen LogP contribution in [0.5, 0.6) is 0 Å². The minimum absolute atomic E-state index is 0.0889. The number of methoxy groups -OCH3 is 1. The molecule has 0 saturated heterocycles. The number of rotatable bonds is 8. The van der Waals surface area contributed by atoms with Gasteiger partial charge in [0.15, 0.2) is 5.82 Å². The number of ether oxygens (including phenoxy) is 1. The predicted octanol–water partition coefficient (Wildman–Crippen LogP) is -0.144. The fourth-order valence-electron chi connectivity index (χ4n) is 1.78. The molecule has 0 aromatic carbocycles. The van der Waals surface area contributed by atoms with Gasteiger partial charge in [0.1, 0.15) is 18.2 Å². The summed E-state index contributed by atoms with van der Waals surface area (Å²) in [5.41, 5.74) is 7.76. The van der Waals surface area contributed by atoms with Crippen molar-refractivity contribution in [1.82, 2.24) is 9.97 Å². The zero-order valence-electron chi connectivity index (χ0n) is 12.1. The Labute approximate surface area is 118 Å². The number of anilines is 2. The zero-order chi connectivity index (χ0) is 15.1. The van der Waals surface area contributed by atoms with Crippen LogP contribution >= 0.6 is 0 Å². The highest BCUT2D eigenvalue weighted by Crippen LogP contribution is 2.17. The Morgan fingerprint density at radius 2 is 2.20 bits per heavy atom. The Kier molecular flexibility index (Phi) is 6.13. The summed E-state index contributed by atoms with van der Waals surface area (Å²) < 4.78 is 5.02. The summed E-state index contributed by atoms with van der Waals surface area (Å²) in [7, 11) is 1.56. The Morgan fingerprint density at radius 1 is 1.50 bits per heavy atom. The summed E-state index contributed by atoms with van der Waals surface area (Å²) in [5, 5.41) is 0. The number of carbonyl (C=O) groups is 1. The molecule has 5 N–H and O–H groups in total. The maximum absolute atomic E-state index is 11.2. The van der Waals surface area contributed by atoms with E-state index in [1.807, 2.05) is 13.8 Å². The normalized spacial score (nSPS) is 10.7. The van der Waals surface area contributed by atoms with E-state index in [9.17, 15) is 4.79 Å². The van der Waals surface area contributed by atoms with Gasteiger partial charge in [0.2, 0.25) is 5.91 Å². The summed E-state index contributed by atoms with van der Waals surface area (Å²) in [6.07, 6.45) is 0. The molecule has 1 aromatic heterocycles. The average Bonchev–Trinajstić information content (AvgIpc) is 2.37. The maximum atomic E-state index is 11.2. The lowest BCUT2D eigenvalue weighted by Crippen LogP contribution is -2.37. The number of primary amides is 1. The summed E-state index contributed by atoms with van der Waals surface area (Å²) in [6.45, 7) is 5.09. The van der Waals surface area contributed by atoms with Crippen molar-refractivity contribution < 1.29 is 9.53 Å². The number of nitrogens with zero attached hydrogens (tertiary/aromatic N) is 3. The molecule has 0 radical (unpaired) electrons. The molecule has 0 aliphatic carbocycles. The quantitative estimate of drug-likeness (QED) is 0.448. The highest BCUT2D eigenvalue weighted by Gasteiger charge is 2.15. The number of hydrogen-bond donors (Lipinski definition) is 3. The van der Waals surface area contributed by atoms with Gasteiger partial charge in [-0.25, -0.2) is 15.8 Å². The largest absolute Gasteiger partial charge is 0.377 e. The molecular weight excluding hydrogens is 260 g/mol. The molecule has 0 spiro atoms. The van der Waals surface area contributed by atoms with Crippen molar-refractivity contribution in [2.75, 3.05) is 30.5 Å². The molecule has 0 fully saturated rings. The molecule has 0 bridgehead atoms. The second-order valence-electron chi connectivity index (χ2n) is 4.85. The number of nitrogen functional groups attached to an aromatic ring is 1. The van der Waals surface area contributed by atoms with Gasteiger partial charge in [0.25, 0.3) is 0 Å². The third-order valence-corrected chi connectivity index (χ3v) is 2.44. The summed E-state index contributed by atoms with van der Waals surface area (Å²) in [4.78, 5) is 21.5. The Hall–Kier alpha value is -1.93. The minimum atomic E-state index is -0.417. The van der Waals surface area contributed by atoms with Gasteiger partial charge in [-0.2, -0.15) is 0 Å². The molecule has 8 heteroatoms. The third kappa shape index (κ3) is 4.98. The van der Waals surface area contributed by atoms with Crippen LogP contribution in [0.4, 0.5) is 11.6 Å². The number of aromatic nitrogens is 2. The van der Waals surface area contributed by atoms with Gasteiger partial charge in [-0.05, 0) is 5.92 Å². The lowest BCUT2D eigenvalue weighted by Gasteiger charge is -2.24. The first-order valence-electron chi connectivity index (χ1n) is 6.33. The number of nitrogens with two attached hydrogens (primary N) is 2. The van der Waals surface area contributed by atoms with Gasteiger partial charge in [-0.3, -0.25) is 4.79 Å². The van der Waals surface area contributed by atoms with E-state index < -0.39 is 5.91 Å². The molecule has 1 heterocycles. The van der Waals surface area contributed by atoms with E-state index in [1.54, 1.807) is 18.1 Å². The number of hydrazine groups is 1. The van der Waals surface area contributed by atoms with E-state index in [-0.39, 0.29) is 13.2 Å². The van der Waals surface area contributed by atoms with Gasteiger partial charge in [0, 0.05) is 19.7 Å². The highest BCUT2D eigenvalue weighted by atomic mass is 16.5. The van der Waals surface area contributed by atoms with Crippen LogP contribution in [0.3, 0.4) is 0 Å². The van der Waals surface area contributed by atoms with Crippen LogP contribution in [-0.4, -0.2) is 36.1 Å². The Bertz CT molecular complexity index is 452. The van der Waals surface area contributed by atoms with Crippen LogP contribution in [0.15, 0.2) is 6.07 Å². The van der Waals surface area contributed by atoms with Crippen molar-refractivity contribution >= 4 is 17.5 Å². The standard InChI is InChI=1S/C12H22N6O2/c1-8(2)5-18(6-9(13)19)12-4-10(17-14)15-11(16-12)7-20-3/h4,8H,5-7,14H2,1-3H3,(H2,13,19)(H,15,16,17). The lowest BCUT2D eigenvalue weighted by molar-refractivity contribution is -0.116. The summed E-state index contributed by atoms with van der Waals surface area (Å²) in [6, 6.07) is 1.67. The lowest BCUT2D eigenvalue weighted by atomic mass is 10.2. The summed E-state index contributed by atoms with van der Waals surface area (Å²) >= 11 is 0. The van der Waals surface area contributed by atoms with E-state index in [0.29, 0.717) is 29.9 Å². The van der Waals surface area contributed by atoms with Crippen LogP contribution in [0.1, 0.15) is 19.7 Å². The van der Waals surface area contributed by atoms with Crippen LogP contribution in [-0.2, 0) is 16.1 Å². The Balaban J connectivity index is 3.09. The predicted molar refractivity (Wildman–Crippen MR) is 76.8 cm³/mol. The van der Waals surface area contributed by atoms with E-state index in [2.05, 4.69) is 15.4 Å². The molecule has 1 aromatic rings. The molecule has 1 amide bonds. The van der Waals surface area contributed by atoms with Gasteiger partial charge in [-0.15, -0.1) is 0 Å². The SMILES string of the molecule is COCc1nc(NN)cc(N(CC(N)=O)CC(C)C)n1. The Morgan fingerprint density at radius 3 is 2.70 bits per heavy atom. The van der Waals surface area contributed by atoms with Gasteiger partial charge >= 0.3 is 0 Å². The van der Waals surface area contributed by atoms with Crippen LogP contribution in [0, 0.1) is 5.92 Å². The first kappa shape index (κ1) is 16.1. The van der Waals surface area contributed by atoms with Crippen molar-refractivity contribution in [1.29, 1.82) is 0 Å². The number of hydrogen-bond acceptors (Lipinski definition) is 7. The second kappa shape index (κ2) is 7.61. The molecule has 0 atom stereocenters.